The van der Waals surface area contributed by atoms with Crippen molar-refractivity contribution < 1.29 is 18.0 Å². The van der Waals surface area contributed by atoms with Gasteiger partial charge in [-0.25, -0.2) is 8.42 Å². The second-order valence-electron chi connectivity index (χ2n) is 8.48. The van der Waals surface area contributed by atoms with Gasteiger partial charge in [0.25, 0.3) is 5.91 Å². The lowest BCUT2D eigenvalue weighted by Gasteiger charge is -2.31. The Hall–Kier alpha value is -2.71. The number of nitrogens with one attached hydrogen (secondary N) is 2. The Balaban J connectivity index is 1.56. The van der Waals surface area contributed by atoms with E-state index >= 15 is 0 Å². The van der Waals surface area contributed by atoms with E-state index in [2.05, 4.69) is 10.6 Å². The van der Waals surface area contributed by atoms with Crippen LogP contribution >= 0.6 is 0 Å². The maximum Gasteiger partial charge on any atom is 0.251 e. The average Bonchev–Trinajstić information content (AvgIpc) is 2.83. The van der Waals surface area contributed by atoms with Crippen molar-refractivity contribution >= 4 is 21.8 Å². The normalized spacial score (nSPS) is 19.2. The Morgan fingerprint density at radius 2 is 1.78 bits per heavy atom. The fourth-order valence-corrected chi connectivity index (χ4v) is 6.04. The van der Waals surface area contributed by atoms with Crippen molar-refractivity contribution in [3.63, 3.8) is 0 Å². The number of hydrogen-bond acceptors (Lipinski definition) is 4. The van der Waals surface area contributed by atoms with Crippen molar-refractivity contribution in [3.8, 4) is 0 Å². The molecule has 32 heavy (non-hydrogen) atoms. The Labute approximate surface area is 189 Å². The number of rotatable bonds is 6. The van der Waals surface area contributed by atoms with E-state index in [1.165, 1.54) is 18.6 Å². The van der Waals surface area contributed by atoms with Crippen LogP contribution in [0, 0.1) is 5.92 Å². The predicted molar refractivity (Wildman–Crippen MR) is 121 cm³/mol. The molecule has 1 saturated carbocycles. The zero-order chi connectivity index (χ0) is 22.6. The van der Waals surface area contributed by atoms with Gasteiger partial charge in [0, 0.05) is 18.7 Å². The number of nitrogens with zero attached hydrogens (tertiary/aromatic N) is 1. The fourth-order valence-electron chi connectivity index (χ4n) is 4.59. The third-order valence-electron chi connectivity index (χ3n) is 6.30. The molecule has 1 aliphatic heterocycles. The molecular weight excluding hydrogens is 426 g/mol. The molecule has 7 nitrogen and oxygen atoms in total. The molecule has 2 aliphatic rings. The summed E-state index contributed by atoms with van der Waals surface area (Å²) < 4.78 is 27.2. The van der Waals surface area contributed by atoms with Gasteiger partial charge in [-0.15, -0.1) is 0 Å². The summed E-state index contributed by atoms with van der Waals surface area (Å²) in [6, 6.07) is 15.9. The number of hydrogen-bond donors (Lipinski definition) is 2. The van der Waals surface area contributed by atoms with Crippen LogP contribution in [-0.4, -0.2) is 44.2 Å². The molecule has 8 heteroatoms. The van der Waals surface area contributed by atoms with E-state index in [0.717, 1.165) is 35.6 Å². The molecule has 1 aliphatic carbocycles. The molecule has 1 unspecified atom stereocenters. The smallest absolute Gasteiger partial charge is 0.251 e. The van der Waals surface area contributed by atoms with Crippen molar-refractivity contribution in [2.45, 2.75) is 43.0 Å². The molecule has 0 bridgehead atoms. The molecule has 2 aromatic rings. The van der Waals surface area contributed by atoms with Gasteiger partial charge in [-0.3, -0.25) is 9.59 Å². The molecular formula is C24H29N3O4S. The minimum Gasteiger partial charge on any atom is -0.354 e. The lowest BCUT2D eigenvalue weighted by atomic mass is 9.81. The first kappa shape index (κ1) is 22.5. The standard InChI is InChI=1S/C24H29N3O4S/c28-22-17-27(15-14-25-22)32(30,31)21-13-7-12-20(16-21)24(29)26-23(18-8-3-1-4-9-18)19-10-5-2-6-11-19/h1,3-4,7-9,12-13,16,19,23H,2,5-6,10-11,14-15,17H2,(H,25,28)(H,26,29). The van der Waals surface area contributed by atoms with Gasteiger partial charge in [-0.1, -0.05) is 55.7 Å². The van der Waals surface area contributed by atoms with Crippen molar-refractivity contribution in [2.75, 3.05) is 19.6 Å². The first-order chi connectivity index (χ1) is 15.4. The highest BCUT2D eigenvalue weighted by Crippen LogP contribution is 2.34. The molecule has 1 saturated heterocycles. The summed E-state index contributed by atoms with van der Waals surface area (Å²) in [5.41, 5.74) is 1.36. The molecule has 4 rings (SSSR count). The van der Waals surface area contributed by atoms with Gasteiger partial charge in [-0.05, 0) is 42.5 Å². The summed E-state index contributed by atoms with van der Waals surface area (Å²) in [5.74, 6) is -0.265. The zero-order valence-corrected chi connectivity index (χ0v) is 18.8. The SMILES string of the molecule is O=C1CN(S(=O)(=O)c2cccc(C(=O)NC(c3ccccc3)C3CCCCC3)c2)CCN1. The topological polar surface area (TPSA) is 95.6 Å². The van der Waals surface area contributed by atoms with E-state index in [-0.39, 0.29) is 42.4 Å². The molecule has 2 fully saturated rings. The van der Waals surface area contributed by atoms with Crippen LogP contribution in [-0.2, 0) is 14.8 Å². The summed E-state index contributed by atoms with van der Waals surface area (Å²) in [6.07, 6.45) is 5.65. The van der Waals surface area contributed by atoms with Crippen LogP contribution < -0.4 is 10.6 Å². The van der Waals surface area contributed by atoms with Gasteiger partial charge in [0.15, 0.2) is 0 Å². The monoisotopic (exact) mass is 455 g/mol. The zero-order valence-electron chi connectivity index (χ0n) is 18.0. The lowest BCUT2D eigenvalue weighted by molar-refractivity contribution is -0.122. The van der Waals surface area contributed by atoms with E-state index in [9.17, 15) is 18.0 Å². The molecule has 0 spiro atoms. The van der Waals surface area contributed by atoms with E-state index < -0.39 is 10.0 Å². The first-order valence-electron chi connectivity index (χ1n) is 11.2. The first-order valence-corrected chi connectivity index (χ1v) is 12.6. The molecule has 2 N–H and O–H groups in total. The average molecular weight is 456 g/mol. The highest BCUT2D eigenvalue weighted by atomic mass is 32.2. The summed E-state index contributed by atoms with van der Waals surface area (Å²) in [7, 11) is -3.86. The van der Waals surface area contributed by atoms with Crippen molar-refractivity contribution in [1.29, 1.82) is 0 Å². The number of amides is 2. The second-order valence-corrected chi connectivity index (χ2v) is 10.4. The van der Waals surface area contributed by atoms with Crippen LogP contribution in [0.15, 0.2) is 59.5 Å². The Bertz CT molecular complexity index is 1070. The molecule has 1 heterocycles. The van der Waals surface area contributed by atoms with Crippen LogP contribution in [0.3, 0.4) is 0 Å². The van der Waals surface area contributed by atoms with E-state index in [4.69, 9.17) is 0 Å². The molecule has 1 atom stereocenters. The molecule has 0 radical (unpaired) electrons. The van der Waals surface area contributed by atoms with Gasteiger partial charge in [0.2, 0.25) is 15.9 Å². The van der Waals surface area contributed by atoms with E-state index in [1.54, 1.807) is 12.1 Å². The van der Waals surface area contributed by atoms with Gasteiger partial charge in [0.1, 0.15) is 0 Å². The largest absolute Gasteiger partial charge is 0.354 e. The maximum atomic E-state index is 13.2. The van der Waals surface area contributed by atoms with Crippen LogP contribution in [0.4, 0.5) is 0 Å². The number of piperazine rings is 1. The van der Waals surface area contributed by atoms with Crippen molar-refractivity contribution in [3.05, 3.63) is 65.7 Å². The number of carbonyl (C=O) groups excluding carboxylic acids is 2. The second kappa shape index (κ2) is 9.83. The fraction of sp³-hybridized carbons (Fsp3) is 0.417. The van der Waals surface area contributed by atoms with Crippen LogP contribution in [0.2, 0.25) is 0 Å². The summed E-state index contributed by atoms with van der Waals surface area (Å²) >= 11 is 0. The van der Waals surface area contributed by atoms with Crippen LogP contribution in [0.25, 0.3) is 0 Å². The lowest BCUT2D eigenvalue weighted by Crippen LogP contribution is -2.49. The van der Waals surface area contributed by atoms with Crippen LogP contribution in [0.1, 0.15) is 54.1 Å². The van der Waals surface area contributed by atoms with Crippen LogP contribution in [0.5, 0.6) is 0 Å². The number of benzene rings is 2. The van der Waals surface area contributed by atoms with Gasteiger partial charge in [-0.2, -0.15) is 4.31 Å². The van der Waals surface area contributed by atoms with Crippen molar-refractivity contribution in [2.24, 2.45) is 5.92 Å². The Morgan fingerprint density at radius 1 is 1.03 bits per heavy atom. The summed E-state index contributed by atoms with van der Waals surface area (Å²) in [5, 5.41) is 5.80. The quantitative estimate of drug-likeness (QED) is 0.700. The molecule has 0 aromatic heterocycles. The van der Waals surface area contributed by atoms with E-state index in [0.29, 0.717) is 11.5 Å². The minimum absolute atomic E-state index is 0.0220. The Kier molecular flexibility index (Phi) is 6.91. The Morgan fingerprint density at radius 3 is 2.50 bits per heavy atom. The van der Waals surface area contributed by atoms with Gasteiger partial charge < -0.3 is 10.6 Å². The van der Waals surface area contributed by atoms with E-state index in [1.807, 2.05) is 30.3 Å². The molecule has 170 valence electrons. The third kappa shape index (κ3) is 5.02. The summed E-state index contributed by atoms with van der Waals surface area (Å²) in [6.45, 7) is 0.275. The predicted octanol–water partition coefficient (Wildman–Crippen LogP) is 2.86. The number of carbonyl (C=O) groups is 2. The molecule has 2 aromatic carbocycles. The number of sulfonamides is 1. The third-order valence-corrected chi connectivity index (χ3v) is 8.15. The summed E-state index contributed by atoms with van der Waals surface area (Å²) in [4.78, 5) is 24.9. The maximum absolute atomic E-state index is 13.2. The van der Waals surface area contributed by atoms with Gasteiger partial charge in [0.05, 0.1) is 17.5 Å². The highest BCUT2D eigenvalue weighted by molar-refractivity contribution is 7.89. The van der Waals surface area contributed by atoms with Gasteiger partial charge >= 0.3 is 0 Å². The highest BCUT2D eigenvalue weighted by Gasteiger charge is 2.30. The molecule has 2 amide bonds. The minimum atomic E-state index is -3.86. The van der Waals surface area contributed by atoms with Crippen molar-refractivity contribution in [1.82, 2.24) is 14.9 Å².